The van der Waals surface area contributed by atoms with Crippen molar-refractivity contribution in [3.63, 3.8) is 0 Å². The number of carbonyl (C=O) groups is 4. The standard InChI is InChI=1S/C39H64N8O4/c1-44-30-32(28-34(44)38(50)40-20-26-46-22-14-10-15-23-46)42-36(48)18-12-8-6-4-3-5-7-9-13-19-37(49)43-33-29-35(45(2)31-33)39(51)41-21-27-47-24-16-11-17-25-47/h28-31H,3-27H2,1-2H3,(H,40,50)(H,41,51)(H,42,48)(H,43,49). The zero-order chi connectivity index (χ0) is 36.3. The van der Waals surface area contributed by atoms with Crippen LogP contribution in [0.2, 0.25) is 0 Å². The summed E-state index contributed by atoms with van der Waals surface area (Å²) in [5, 5.41) is 11.9. The Bertz CT molecular complexity index is 1270. The minimum absolute atomic E-state index is 0.0153. The van der Waals surface area contributed by atoms with E-state index in [0.29, 0.717) is 48.7 Å². The highest BCUT2D eigenvalue weighted by Crippen LogP contribution is 2.17. The average molecular weight is 709 g/mol. The Labute approximate surface area is 305 Å². The van der Waals surface area contributed by atoms with Crippen LogP contribution in [-0.4, -0.2) is 94.9 Å². The maximum absolute atomic E-state index is 12.7. The van der Waals surface area contributed by atoms with Crippen molar-refractivity contribution in [2.75, 3.05) is 63.0 Å². The molecule has 12 heteroatoms. The van der Waals surface area contributed by atoms with Crippen LogP contribution in [-0.2, 0) is 23.7 Å². The van der Waals surface area contributed by atoms with E-state index < -0.39 is 0 Å². The Balaban J connectivity index is 0.963. The quantitative estimate of drug-likeness (QED) is 0.117. The number of aryl methyl sites for hydroxylation is 2. The monoisotopic (exact) mass is 709 g/mol. The summed E-state index contributed by atoms with van der Waals surface area (Å²) < 4.78 is 3.53. The molecule has 2 fully saturated rings. The molecule has 4 heterocycles. The fourth-order valence-electron chi connectivity index (χ4n) is 7.18. The number of anilines is 2. The zero-order valence-electron chi connectivity index (χ0n) is 31.4. The molecular formula is C39H64N8O4. The van der Waals surface area contributed by atoms with Crippen molar-refractivity contribution in [2.45, 2.75) is 109 Å². The Hall–Kier alpha value is -3.64. The van der Waals surface area contributed by atoms with E-state index in [-0.39, 0.29) is 23.6 Å². The Morgan fingerprint density at radius 2 is 0.882 bits per heavy atom. The van der Waals surface area contributed by atoms with Crippen LogP contribution >= 0.6 is 0 Å². The van der Waals surface area contributed by atoms with Gasteiger partial charge in [0.25, 0.3) is 11.8 Å². The van der Waals surface area contributed by atoms with E-state index in [0.717, 1.165) is 97.1 Å². The van der Waals surface area contributed by atoms with Gasteiger partial charge >= 0.3 is 0 Å². The number of likely N-dealkylation sites (tertiary alicyclic amines) is 2. The third kappa shape index (κ3) is 14.9. The summed E-state index contributed by atoms with van der Waals surface area (Å²) in [6, 6.07) is 3.50. The van der Waals surface area contributed by atoms with Crippen LogP contribution in [0.4, 0.5) is 11.4 Å². The number of amides is 4. The van der Waals surface area contributed by atoms with E-state index in [1.165, 1.54) is 38.5 Å². The fourth-order valence-corrected chi connectivity index (χ4v) is 7.18. The van der Waals surface area contributed by atoms with E-state index in [1.54, 1.807) is 33.7 Å². The SMILES string of the molecule is Cn1cc(NC(=O)CCCCCCCCCCCC(=O)Nc2cc(C(=O)NCCN3CCCCC3)n(C)c2)cc1C(=O)NCCN1CCCCC1. The van der Waals surface area contributed by atoms with Gasteiger partial charge in [0, 0.05) is 65.5 Å². The Morgan fingerprint density at radius 1 is 0.529 bits per heavy atom. The lowest BCUT2D eigenvalue weighted by atomic mass is 10.1. The Kier molecular flexibility index (Phi) is 17.6. The molecule has 2 aliphatic rings. The molecule has 0 atom stereocenters. The number of nitrogens with zero attached hydrogens (tertiary/aromatic N) is 4. The minimum Gasteiger partial charge on any atom is -0.349 e. The molecule has 12 nitrogen and oxygen atoms in total. The highest BCUT2D eigenvalue weighted by atomic mass is 16.2. The van der Waals surface area contributed by atoms with Gasteiger partial charge in [-0.2, -0.15) is 0 Å². The third-order valence-corrected chi connectivity index (χ3v) is 10.2. The minimum atomic E-state index is -0.112. The first-order valence-corrected chi connectivity index (χ1v) is 19.7. The lowest BCUT2D eigenvalue weighted by Gasteiger charge is -2.26. The van der Waals surface area contributed by atoms with E-state index in [2.05, 4.69) is 31.1 Å². The lowest BCUT2D eigenvalue weighted by molar-refractivity contribution is -0.117. The predicted octanol–water partition coefficient (Wildman–Crippen LogP) is 5.66. The topological polar surface area (TPSA) is 133 Å². The van der Waals surface area contributed by atoms with Crippen LogP contribution in [0, 0.1) is 0 Å². The van der Waals surface area contributed by atoms with E-state index >= 15 is 0 Å². The molecule has 0 aliphatic carbocycles. The summed E-state index contributed by atoms with van der Waals surface area (Å²) in [5.41, 5.74) is 2.42. The van der Waals surface area contributed by atoms with Crippen LogP contribution in [0.15, 0.2) is 24.5 Å². The smallest absolute Gasteiger partial charge is 0.268 e. The number of piperidine rings is 2. The van der Waals surface area contributed by atoms with Gasteiger partial charge in [0.05, 0.1) is 11.4 Å². The van der Waals surface area contributed by atoms with E-state index in [9.17, 15) is 19.2 Å². The van der Waals surface area contributed by atoms with Gasteiger partial charge in [0.2, 0.25) is 11.8 Å². The number of hydrogen-bond acceptors (Lipinski definition) is 6. The maximum atomic E-state index is 12.7. The van der Waals surface area contributed by atoms with Gasteiger partial charge in [0.1, 0.15) is 11.4 Å². The second-order valence-electron chi connectivity index (χ2n) is 14.5. The molecular weight excluding hydrogens is 644 g/mol. The first-order valence-electron chi connectivity index (χ1n) is 19.7. The largest absolute Gasteiger partial charge is 0.349 e. The van der Waals surface area contributed by atoms with Crippen molar-refractivity contribution in [1.29, 1.82) is 0 Å². The number of rotatable bonds is 22. The van der Waals surface area contributed by atoms with Crippen molar-refractivity contribution in [1.82, 2.24) is 29.6 Å². The van der Waals surface area contributed by atoms with Crippen molar-refractivity contribution in [3.8, 4) is 0 Å². The summed E-state index contributed by atoms with van der Waals surface area (Å²) in [5.74, 6) is -0.255. The molecule has 0 spiro atoms. The second kappa shape index (κ2) is 22.3. The first-order chi connectivity index (χ1) is 24.8. The van der Waals surface area contributed by atoms with Crippen molar-refractivity contribution < 1.29 is 19.2 Å². The molecule has 0 saturated carbocycles. The maximum Gasteiger partial charge on any atom is 0.268 e. The summed E-state index contributed by atoms with van der Waals surface area (Å²) >= 11 is 0. The van der Waals surface area contributed by atoms with Crippen LogP contribution in [0.3, 0.4) is 0 Å². The molecule has 0 aromatic carbocycles. The molecule has 2 aromatic rings. The van der Waals surface area contributed by atoms with Crippen molar-refractivity contribution in [2.24, 2.45) is 14.1 Å². The van der Waals surface area contributed by atoms with Gasteiger partial charge in [-0.25, -0.2) is 0 Å². The summed E-state index contributed by atoms with van der Waals surface area (Å²) in [6.07, 6.45) is 21.5. The number of hydrogen-bond donors (Lipinski definition) is 4. The molecule has 4 amide bonds. The average Bonchev–Trinajstić information content (AvgIpc) is 3.68. The molecule has 4 N–H and O–H groups in total. The highest BCUT2D eigenvalue weighted by molar-refractivity contribution is 5.97. The fraction of sp³-hybridized carbons (Fsp3) is 0.692. The molecule has 51 heavy (non-hydrogen) atoms. The van der Waals surface area contributed by atoms with Gasteiger partial charge in [-0.05, 0) is 76.8 Å². The molecule has 0 bridgehead atoms. The first kappa shape index (κ1) is 40.1. The van der Waals surface area contributed by atoms with Gasteiger partial charge in [0.15, 0.2) is 0 Å². The summed E-state index contributed by atoms with van der Waals surface area (Å²) in [6.45, 7) is 7.45. The van der Waals surface area contributed by atoms with Crippen LogP contribution in [0.5, 0.6) is 0 Å². The second-order valence-corrected chi connectivity index (χ2v) is 14.5. The van der Waals surface area contributed by atoms with Crippen LogP contribution in [0.25, 0.3) is 0 Å². The number of nitrogens with one attached hydrogen (secondary N) is 4. The van der Waals surface area contributed by atoms with Crippen LogP contribution < -0.4 is 21.3 Å². The van der Waals surface area contributed by atoms with Crippen LogP contribution in [0.1, 0.15) is 130 Å². The van der Waals surface area contributed by atoms with Gasteiger partial charge in [-0.3, -0.25) is 19.2 Å². The number of unbranched alkanes of at least 4 members (excludes halogenated alkanes) is 8. The Morgan fingerprint density at radius 3 is 1.25 bits per heavy atom. The molecule has 0 unspecified atom stereocenters. The zero-order valence-corrected chi connectivity index (χ0v) is 31.4. The molecule has 2 aliphatic heterocycles. The predicted molar refractivity (Wildman–Crippen MR) is 204 cm³/mol. The highest BCUT2D eigenvalue weighted by Gasteiger charge is 2.16. The molecule has 0 radical (unpaired) electrons. The lowest BCUT2D eigenvalue weighted by Crippen LogP contribution is -2.38. The normalized spacial score (nSPS) is 15.4. The molecule has 2 aromatic heterocycles. The van der Waals surface area contributed by atoms with Gasteiger partial charge in [-0.15, -0.1) is 0 Å². The number of aromatic nitrogens is 2. The number of carbonyl (C=O) groups excluding carboxylic acids is 4. The molecule has 2 saturated heterocycles. The third-order valence-electron chi connectivity index (χ3n) is 10.2. The van der Waals surface area contributed by atoms with E-state index in [1.807, 2.05) is 14.1 Å². The van der Waals surface area contributed by atoms with Gasteiger partial charge in [-0.1, -0.05) is 57.8 Å². The van der Waals surface area contributed by atoms with Gasteiger partial charge < -0.3 is 40.2 Å². The summed E-state index contributed by atoms with van der Waals surface area (Å²) in [4.78, 5) is 55.1. The van der Waals surface area contributed by atoms with Crippen molar-refractivity contribution >= 4 is 35.0 Å². The molecule has 4 rings (SSSR count). The summed E-state index contributed by atoms with van der Waals surface area (Å²) in [7, 11) is 3.66. The molecule has 284 valence electrons. The van der Waals surface area contributed by atoms with Crippen molar-refractivity contribution in [3.05, 3.63) is 35.9 Å². The van der Waals surface area contributed by atoms with E-state index in [4.69, 9.17) is 0 Å².